The molecule has 31 heavy (non-hydrogen) atoms. The zero-order valence-corrected chi connectivity index (χ0v) is 20.7. The summed E-state index contributed by atoms with van der Waals surface area (Å²) in [6, 6.07) is 0. The van der Waals surface area contributed by atoms with E-state index in [1.807, 2.05) is 20.8 Å². The Morgan fingerprint density at radius 1 is 0.710 bits per heavy atom. The summed E-state index contributed by atoms with van der Waals surface area (Å²) in [6.07, 6.45) is 4.51. The van der Waals surface area contributed by atoms with Crippen LogP contribution in [0.4, 0.5) is 0 Å². The lowest BCUT2D eigenvalue weighted by atomic mass is 10.3. The second kappa shape index (κ2) is 25.5. The molecule has 0 aliphatic carbocycles. The molecule has 0 spiro atoms. The number of rotatable bonds is 20. The zero-order chi connectivity index (χ0) is 23.7. The van der Waals surface area contributed by atoms with E-state index >= 15 is 0 Å². The first-order chi connectivity index (χ1) is 14.9. The van der Waals surface area contributed by atoms with E-state index in [-0.39, 0.29) is 30.9 Å². The van der Waals surface area contributed by atoms with Crippen LogP contribution in [0.2, 0.25) is 0 Å². The van der Waals surface area contributed by atoms with Gasteiger partial charge in [-0.2, -0.15) is 0 Å². The molecule has 8 heteroatoms. The van der Waals surface area contributed by atoms with Crippen molar-refractivity contribution in [2.75, 3.05) is 59.5 Å². The van der Waals surface area contributed by atoms with Crippen LogP contribution in [0.1, 0.15) is 67.2 Å². The van der Waals surface area contributed by atoms with Crippen molar-refractivity contribution in [2.24, 2.45) is 0 Å². The van der Waals surface area contributed by atoms with Gasteiger partial charge < -0.3 is 33.5 Å². The van der Waals surface area contributed by atoms with E-state index < -0.39 is 0 Å². The molecule has 0 amide bonds. The van der Waals surface area contributed by atoms with Crippen molar-refractivity contribution in [1.82, 2.24) is 0 Å². The maximum Gasteiger partial charge on any atom is 0.302 e. The summed E-state index contributed by atoms with van der Waals surface area (Å²) < 4.78 is 31.7. The number of hydrogen-bond acceptors (Lipinski definition) is 8. The summed E-state index contributed by atoms with van der Waals surface area (Å²) in [4.78, 5) is 10.3. The first kappa shape index (κ1) is 32.4. The Morgan fingerprint density at radius 3 is 1.74 bits per heavy atom. The number of ether oxygens (including phenoxy) is 6. The number of unbranched alkanes of at least 4 members (excludes halogenated alkanes) is 2. The minimum absolute atomic E-state index is 0.0289. The molecule has 0 radical (unpaired) electrons. The SMILES string of the molecule is CCCCOC(C)COC(C)COC(C)CO.CCCCOCCOCCOC(C)=O. The normalized spacial score (nSPS) is 13.8. The molecule has 0 bridgehead atoms. The van der Waals surface area contributed by atoms with Gasteiger partial charge in [-0.25, -0.2) is 0 Å². The maximum absolute atomic E-state index is 10.3. The quantitative estimate of drug-likeness (QED) is 0.222. The van der Waals surface area contributed by atoms with Crippen LogP contribution in [-0.4, -0.2) is 88.8 Å². The summed E-state index contributed by atoms with van der Waals surface area (Å²) in [7, 11) is 0. The molecule has 0 aromatic heterocycles. The number of aliphatic hydroxyl groups excluding tert-OH is 1. The topological polar surface area (TPSA) is 92.7 Å². The van der Waals surface area contributed by atoms with E-state index in [9.17, 15) is 4.79 Å². The Kier molecular flexibility index (Phi) is 26.6. The molecule has 188 valence electrons. The smallest absolute Gasteiger partial charge is 0.302 e. The lowest BCUT2D eigenvalue weighted by Crippen LogP contribution is -2.26. The average molecular weight is 453 g/mol. The van der Waals surface area contributed by atoms with Gasteiger partial charge in [-0.15, -0.1) is 0 Å². The molecule has 0 heterocycles. The van der Waals surface area contributed by atoms with E-state index in [1.165, 1.54) is 6.92 Å². The highest BCUT2D eigenvalue weighted by molar-refractivity contribution is 5.65. The van der Waals surface area contributed by atoms with Gasteiger partial charge in [-0.3, -0.25) is 4.79 Å². The third-order valence-corrected chi connectivity index (χ3v) is 3.94. The molecule has 3 atom stereocenters. The fraction of sp³-hybridized carbons (Fsp3) is 0.957. The molecule has 0 aromatic carbocycles. The van der Waals surface area contributed by atoms with Crippen molar-refractivity contribution in [2.45, 2.75) is 85.5 Å². The van der Waals surface area contributed by atoms with Gasteiger partial charge in [0.05, 0.1) is 58.0 Å². The lowest BCUT2D eigenvalue weighted by molar-refractivity contribution is -0.142. The molecule has 3 unspecified atom stereocenters. The van der Waals surface area contributed by atoms with Crippen molar-refractivity contribution < 1.29 is 38.3 Å². The van der Waals surface area contributed by atoms with Crippen LogP contribution in [0.3, 0.4) is 0 Å². The Bertz CT molecular complexity index is 367. The van der Waals surface area contributed by atoms with Crippen LogP contribution in [0.15, 0.2) is 0 Å². The summed E-state index contributed by atoms with van der Waals surface area (Å²) in [5.41, 5.74) is 0. The number of carbonyl (C=O) groups excluding carboxylic acids is 1. The van der Waals surface area contributed by atoms with Crippen LogP contribution in [-0.2, 0) is 33.2 Å². The maximum atomic E-state index is 10.3. The zero-order valence-electron chi connectivity index (χ0n) is 20.7. The summed E-state index contributed by atoms with van der Waals surface area (Å²) >= 11 is 0. The van der Waals surface area contributed by atoms with Gasteiger partial charge in [0.1, 0.15) is 6.61 Å². The van der Waals surface area contributed by atoms with Gasteiger partial charge in [-0.1, -0.05) is 26.7 Å². The Balaban J connectivity index is 0. The van der Waals surface area contributed by atoms with Crippen LogP contribution in [0.5, 0.6) is 0 Å². The first-order valence-electron chi connectivity index (χ1n) is 11.6. The predicted octanol–water partition coefficient (Wildman–Crippen LogP) is 3.38. The van der Waals surface area contributed by atoms with Gasteiger partial charge in [0, 0.05) is 20.1 Å². The van der Waals surface area contributed by atoms with Crippen molar-refractivity contribution in [3.8, 4) is 0 Å². The highest BCUT2D eigenvalue weighted by Gasteiger charge is 2.09. The van der Waals surface area contributed by atoms with Gasteiger partial charge in [0.15, 0.2) is 0 Å². The van der Waals surface area contributed by atoms with Crippen molar-refractivity contribution >= 4 is 5.97 Å². The number of carbonyl (C=O) groups is 1. The molecule has 0 fully saturated rings. The molecule has 1 N–H and O–H groups in total. The standard InChI is InChI=1S/C13H28O4.C10H20O4/c1-5-6-7-15-12(3)9-17-13(4)10-16-11(2)8-14;1-3-4-5-12-6-7-13-8-9-14-10(2)11/h11-14H,5-10H2,1-4H3;3-9H2,1-2H3. The van der Waals surface area contributed by atoms with Crippen LogP contribution in [0.25, 0.3) is 0 Å². The molecular weight excluding hydrogens is 404 g/mol. The van der Waals surface area contributed by atoms with Crippen LogP contribution >= 0.6 is 0 Å². The summed E-state index contributed by atoms with van der Waals surface area (Å²) in [5, 5.41) is 8.80. The predicted molar refractivity (Wildman–Crippen MR) is 121 cm³/mol. The third kappa shape index (κ3) is 29.2. The molecule has 0 rings (SSSR count). The second-order valence-corrected chi connectivity index (χ2v) is 7.42. The minimum Gasteiger partial charge on any atom is -0.463 e. The summed E-state index contributed by atoms with van der Waals surface area (Å²) in [5.74, 6) is -0.271. The van der Waals surface area contributed by atoms with E-state index in [1.54, 1.807) is 0 Å². The van der Waals surface area contributed by atoms with Gasteiger partial charge >= 0.3 is 5.97 Å². The van der Waals surface area contributed by atoms with Gasteiger partial charge in [-0.05, 0) is 33.6 Å². The fourth-order valence-corrected chi connectivity index (χ4v) is 1.99. The molecule has 0 aliphatic rings. The highest BCUT2D eigenvalue weighted by atomic mass is 16.6. The van der Waals surface area contributed by atoms with E-state index in [0.29, 0.717) is 39.6 Å². The lowest BCUT2D eigenvalue weighted by Gasteiger charge is -2.19. The largest absolute Gasteiger partial charge is 0.463 e. The van der Waals surface area contributed by atoms with Gasteiger partial charge in [0.25, 0.3) is 0 Å². The molecule has 0 aliphatic heterocycles. The monoisotopic (exact) mass is 452 g/mol. The summed E-state index contributed by atoms with van der Waals surface area (Å²) in [6.45, 7) is 16.1. The molecule has 0 aromatic rings. The highest BCUT2D eigenvalue weighted by Crippen LogP contribution is 2.01. The fourth-order valence-electron chi connectivity index (χ4n) is 1.99. The van der Waals surface area contributed by atoms with Gasteiger partial charge in [0.2, 0.25) is 0 Å². The van der Waals surface area contributed by atoms with Crippen molar-refractivity contribution in [3.63, 3.8) is 0 Å². The molecule has 8 nitrogen and oxygen atoms in total. The van der Waals surface area contributed by atoms with Crippen molar-refractivity contribution in [3.05, 3.63) is 0 Å². The number of hydrogen-bond donors (Lipinski definition) is 1. The molecule has 0 saturated carbocycles. The van der Waals surface area contributed by atoms with E-state index in [4.69, 9.17) is 28.8 Å². The third-order valence-electron chi connectivity index (χ3n) is 3.94. The van der Waals surface area contributed by atoms with Crippen molar-refractivity contribution in [1.29, 1.82) is 0 Å². The average Bonchev–Trinajstić information content (AvgIpc) is 2.75. The minimum atomic E-state index is -0.271. The van der Waals surface area contributed by atoms with Crippen LogP contribution in [0, 0.1) is 0 Å². The first-order valence-corrected chi connectivity index (χ1v) is 11.6. The Morgan fingerprint density at radius 2 is 1.19 bits per heavy atom. The van der Waals surface area contributed by atoms with Crippen LogP contribution < -0.4 is 0 Å². The van der Waals surface area contributed by atoms with E-state index in [0.717, 1.165) is 38.9 Å². The number of aliphatic hydroxyl groups is 1. The Labute approximate surface area is 189 Å². The Hall–Kier alpha value is -0.770. The second-order valence-electron chi connectivity index (χ2n) is 7.42. The molecular formula is C23H48O8. The van der Waals surface area contributed by atoms with E-state index in [2.05, 4.69) is 18.6 Å². The number of esters is 1. The molecule has 0 saturated heterocycles.